The lowest BCUT2D eigenvalue weighted by molar-refractivity contribution is 0.509. The Morgan fingerprint density at radius 1 is 0.929 bits per heavy atom. The number of aryl methyl sites for hydroxylation is 3. The summed E-state index contributed by atoms with van der Waals surface area (Å²) in [6.07, 6.45) is 0. The fraction of sp³-hybridized carbons (Fsp3) is 0.238. The second-order valence-electron chi connectivity index (χ2n) is 6.68. The normalized spacial score (nSPS) is 11.5. The van der Waals surface area contributed by atoms with Crippen LogP contribution in [0, 0.1) is 18.6 Å². The fourth-order valence-electron chi connectivity index (χ4n) is 3.72. The van der Waals surface area contributed by atoms with E-state index >= 15 is 0 Å². The third-order valence-electron chi connectivity index (χ3n) is 5.08. The van der Waals surface area contributed by atoms with Crippen molar-refractivity contribution >= 4 is 11.0 Å². The highest BCUT2D eigenvalue weighted by Gasteiger charge is 2.18. The van der Waals surface area contributed by atoms with Crippen LogP contribution in [-0.2, 0) is 13.1 Å². The predicted molar refractivity (Wildman–Crippen MR) is 105 cm³/mol. The summed E-state index contributed by atoms with van der Waals surface area (Å²) in [5, 5.41) is 7.24. The first-order chi connectivity index (χ1) is 13.5. The van der Waals surface area contributed by atoms with Crippen molar-refractivity contribution in [3.63, 3.8) is 0 Å². The molecule has 5 nitrogen and oxygen atoms in total. The van der Waals surface area contributed by atoms with Crippen molar-refractivity contribution in [2.75, 3.05) is 0 Å². The van der Waals surface area contributed by atoms with Gasteiger partial charge in [-0.2, -0.15) is 5.10 Å². The summed E-state index contributed by atoms with van der Waals surface area (Å²) in [4.78, 5) is 12.6. The van der Waals surface area contributed by atoms with Crippen LogP contribution in [0.3, 0.4) is 0 Å². The molecule has 0 amide bonds. The molecule has 2 aromatic carbocycles. The van der Waals surface area contributed by atoms with Crippen LogP contribution in [0.5, 0.6) is 0 Å². The highest BCUT2D eigenvalue weighted by Crippen LogP contribution is 2.35. The number of nitrogens with zero attached hydrogens (tertiary/aromatic N) is 3. The van der Waals surface area contributed by atoms with Gasteiger partial charge in [0.2, 0.25) is 0 Å². The van der Waals surface area contributed by atoms with Gasteiger partial charge in [0.1, 0.15) is 5.69 Å². The number of aromatic nitrogens is 4. The minimum atomic E-state index is -0.917. The number of halogens is 2. The molecule has 0 unspecified atom stereocenters. The summed E-state index contributed by atoms with van der Waals surface area (Å²) in [6, 6.07) is 9.54. The molecule has 0 fully saturated rings. The molecule has 0 atom stereocenters. The van der Waals surface area contributed by atoms with E-state index in [2.05, 4.69) is 10.2 Å². The predicted octanol–water partition coefficient (Wildman–Crippen LogP) is 4.49. The maximum absolute atomic E-state index is 13.7. The van der Waals surface area contributed by atoms with E-state index in [1.807, 2.05) is 39.0 Å². The van der Waals surface area contributed by atoms with Gasteiger partial charge >= 0.3 is 5.69 Å². The van der Waals surface area contributed by atoms with E-state index in [0.29, 0.717) is 24.3 Å². The standard InChI is InChI=1S/C21H20F2N4O/c1-4-26-17-9-7-13(11-18(17)27(5-2)21(26)28)19-12(3)24-25-20(19)14-6-8-15(22)16(23)10-14/h6-11H,4-5H2,1-3H3,(H,24,25). The van der Waals surface area contributed by atoms with E-state index in [0.717, 1.165) is 40.0 Å². The minimum absolute atomic E-state index is 0.0399. The maximum Gasteiger partial charge on any atom is 0.329 e. The Morgan fingerprint density at radius 3 is 2.29 bits per heavy atom. The summed E-state index contributed by atoms with van der Waals surface area (Å²) in [5.74, 6) is -1.81. The Hall–Kier alpha value is -3.22. The Labute approximate surface area is 160 Å². The van der Waals surface area contributed by atoms with E-state index in [1.54, 1.807) is 9.13 Å². The van der Waals surface area contributed by atoms with E-state index < -0.39 is 11.6 Å². The van der Waals surface area contributed by atoms with Gasteiger partial charge < -0.3 is 0 Å². The Morgan fingerprint density at radius 2 is 1.61 bits per heavy atom. The first kappa shape index (κ1) is 18.2. The molecule has 144 valence electrons. The molecule has 28 heavy (non-hydrogen) atoms. The molecule has 0 bridgehead atoms. The fourth-order valence-corrected chi connectivity index (χ4v) is 3.72. The van der Waals surface area contributed by atoms with Crippen LogP contribution in [0.15, 0.2) is 41.2 Å². The number of aromatic amines is 1. The molecule has 0 saturated heterocycles. The molecule has 0 aliphatic carbocycles. The van der Waals surface area contributed by atoms with Crippen LogP contribution in [0.2, 0.25) is 0 Å². The molecule has 0 saturated carbocycles. The highest BCUT2D eigenvalue weighted by molar-refractivity contribution is 5.88. The van der Waals surface area contributed by atoms with Gasteiger partial charge in [-0.15, -0.1) is 0 Å². The Kier molecular flexibility index (Phi) is 4.37. The van der Waals surface area contributed by atoms with Gasteiger partial charge in [-0.1, -0.05) is 6.07 Å². The lowest BCUT2D eigenvalue weighted by Crippen LogP contribution is -2.22. The third kappa shape index (κ3) is 2.66. The van der Waals surface area contributed by atoms with Gasteiger partial charge in [0.05, 0.1) is 11.0 Å². The molecule has 2 aromatic heterocycles. The maximum atomic E-state index is 13.7. The first-order valence-electron chi connectivity index (χ1n) is 9.20. The summed E-state index contributed by atoms with van der Waals surface area (Å²) in [5.41, 5.74) is 5.15. The van der Waals surface area contributed by atoms with Crippen molar-refractivity contribution in [3.8, 4) is 22.4 Å². The average Bonchev–Trinajstić information content (AvgIpc) is 3.19. The van der Waals surface area contributed by atoms with E-state index in [4.69, 9.17) is 0 Å². The molecule has 0 radical (unpaired) electrons. The van der Waals surface area contributed by atoms with Crippen molar-refractivity contribution in [1.29, 1.82) is 0 Å². The zero-order chi connectivity index (χ0) is 20.0. The van der Waals surface area contributed by atoms with Crippen LogP contribution < -0.4 is 5.69 Å². The Balaban J connectivity index is 1.95. The first-order valence-corrected chi connectivity index (χ1v) is 9.20. The molecular formula is C21H20F2N4O. The van der Waals surface area contributed by atoms with Crippen LogP contribution >= 0.6 is 0 Å². The van der Waals surface area contributed by atoms with Gasteiger partial charge in [0.15, 0.2) is 11.6 Å². The van der Waals surface area contributed by atoms with E-state index in [1.165, 1.54) is 6.07 Å². The number of fused-ring (bicyclic) bond motifs is 1. The molecule has 0 aliphatic rings. The van der Waals surface area contributed by atoms with Crippen molar-refractivity contribution in [3.05, 3.63) is 64.2 Å². The quantitative estimate of drug-likeness (QED) is 0.566. The molecule has 1 N–H and O–H groups in total. The molecule has 0 aliphatic heterocycles. The number of H-pyrrole nitrogens is 1. The third-order valence-corrected chi connectivity index (χ3v) is 5.08. The van der Waals surface area contributed by atoms with Crippen molar-refractivity contribution in [1.82, 2.24) is 19.3 Å². The van der Waals surface area contributed by atoms with Crippen molar-refractivity contribution in [2.45, 2.75) is 33.9 Å². The second kappa shape index (κ2) is 6.74. The number of nitrogens with one attached hydrogen (secondary N) is 1. The van der Waals surface area contributed by atoms with Crippen LogP contribution in [0.1, 0.15) is 19.5 Å². The van der Waals surface area contributed by atoms with Gasteiger partial charge in [-0.3, -0.25) is 14.2 Å². The molecular weight excluding hydrogens is 362 g/mol. The summed E-state index contributed by atoms with van der Waals surface area (Å²) in [6.45, 7) is 6.90. The lowest BCUT2D eigenvalue weighted by Gasteiger charge is -2.07. The molecule has 4 rings (SSSR count). The van der Waals surface area contributed by atoms with Crippen LogP contribution in [0.25, 0.3) is 33.4 Å². The van der Waals surface area contributed by atoms with Crippen LogP contribution in [-0.4, -0.2) is 19.3 Å². The average molecular weight is 382 g/mol. The molecule has 0 spiro atoms. The number of imidazole rings is 1. The smallest absolute Gasteiger partial charge is 0.292 e. The largest absolute Gasteiger partial charge is 0.329 e. The van der Waals surface area contributed by atoms with Gasteiger partial charge in [-0.25, -0.2) is 13.6 Å². The second-order valence-corrected chi connectivity index (χ2v) is 6.68. The zero-order valence-electron chi connectivity index (χ0n) is 15.9. The topological polar surface area (TPSA) is 55.6 Å². The number of hydrogen-bond acceptors (Lipinski definition) is 2. The van der Waals surface area contributed by atoms with Gasteiger partial charge in [0, 0.05) is 29.9 Å². The summed E-state index contributed by atoms with van der Waals surface area (Å²) in [7, 11) is 0. The van der Waals surface area contributed by atoms with Crippen molar-refractivity contribution in [2.24, 2.45) is 0 Å². The van der Waals surface area contributed by atoms with E-state index in [9.17, 15) is 13.6 Å². The van der Waals surface area contributed by atoms with Crippen LogP contribution in [0.4, 0.5) is 8.78 Å². The number of hydrogen-bond donors (Lipinski definition) is 1. The zero-order valence-corrected chi connectivity index (χ0v) is 15.9. The van der Waals surface area contributed by atoms with Crippen molar-refractivity contribution < 1.29 is 8.78 Å². The minimum Gasteiger partial charge on any atom is -0.292 e. The highest BCUT2D eigenvalue weighted by atomic mass is 19.2. The lowest BCUT2D eigenvalue weighted by atomic mass is 9.98. The number of rotatable bonds is 4. The molecule has 7 heteroatoms. The van der Waals surface area contributed by atoms with Gasteiger partial charge in [0.25, 0.3) is 0 Å². The SMILES string of the molecule is CCn1c(=O)n(CC)c2cc(-c3c(-c4ccc(F)c(F)c4)n[nH]c3C)ccc21. The summed E-state index contributed by atoms with van der Waals surface area (Å²) < 4.78 is 30.6. The Bertz CT molecular complexity index is 1250. The monoisotopic (exact) mass is 382 g/mol. The number of benzene rings is 2. The molecule has 2 heterocycles. The molecule has 4 aromatic rings. The van der Waals surface area contributed by atoms with E-state index in [-0.39, 0.29) is 5.69 Å². The van der Waals surface area contributed by atoms with Gasteiger partial charge in [-0.05, 0) is 56.7 Å². The summed E-state index contributed by atoms with van der Waals surface area (Å²) >= 11 is 0.